The van der Waals surface area contributed by atoms with E-state index in [2.05, 4.69) is 15.1 Å². The lowest BCUT2D eigenvalue weighted by Gasteiger charge is -2.28. The molecular formula is C23H47N3O3. The Kier molecular flexibility index (Phi) is 17.5. The lowest BCUT2D eigenvalue weighted by atomic mass is 10.1. The molecule has 0 bridgehead atoms. The van der Waals surface area contributed by atoms with Gasteiger partial charge in [0.25, 0.3) is 0 Å². The van der Waals surface area contributed by atoms with Crippen molar-refractivity contribution >= 4 is 5.91 Å². The molecule has 29 heavy (non-hydrogen) atoms. The quantitative estimate of drug-likeness (QED) is 0.310. The Balaban J connectivity index is 2.17. The van der Waals surface area contributed by atoms with E-state index in [0.717, 1.165) is 45.8 Å². The smallest absolute Gasteiger partial charge is 0.234 e. The van der Waals surface area contributed by atoms with Gasteiger partial charge < -0.3 is 19.7 Å². The summed E-state index contributed by atoms with van der Waals surface area (Å²) in [6.45, 7) is 8.79. The summed E-state index contributed by atoms with van der Waals surface area (Å²) >= 11 is 0. The van der Waals surface area contributed by atoms with Crippen LogP contribution in [0.4, 0.5) is 0 Å². The van der Waals surface area contributed by atoms with Crippen molar-refractivity contribution in [2.45, 2.75) is 70.6 Å². The number of amides is 1. The summed E-state index contributed by atoms with van der Waals surface area (Å²) in [4.78, 5) is 16.5. The molecule has 6 heteroatoms. The molecule has 172 valence electrons. The summed E-state index contributed by atoms with van der Waals surface area (Å²) in [7, 11) is 3.57. The van der Waals surface area contributed by atoms with E-state index >= 15 is 0 Å². The highest BCUT2D eigenvalue weighted by Crippen LogP contribution is 2.09. The SMILES string of the molecule is COCCCCCCCN(CCCCCCCOC)CCCN1CCNC(=O)C1. The fourth-order valence-corrected chi connectivity index (χ4v) is 3.96. The second kappa shape index (κ2) is 19.3. The molecule has 1 aliphatic heterocycles. The first kappa shape index (κ1) is 26.3. The predicted octanol–water partition coefficient (Wildman–Crippen LogP) is 3.30. The van der Waals surface area contributed by atoms with Gasteiger partial charge in [0.2, 0.25) is 5.91 Å². The number of nitrogens with zero attached hydrogens (tertiary/aromatic N) is 2. The van der Waals surface area contributed by atoms with Gasteiger partial charge in [-0.15, -0.1) is 0 Å². The Bertz CT molecular complexity index is 364. The lowest BCUT2D eigenvalue weighted by molar-refractivity contribution is -0.124. The van der Waals surface area contributed by atoms with Crippen molar-refractivity contribution in [3.63, 3.8) is 0 Å². The fraction of sp³-hybridized carbons (Fsp3) is 0.957. The van der Waals surface area contributed by atoms with Crippen LogP contribution in [0.25, 0.3) is 0 Å². The third-order valence-electron chi connectivity index (χ3n) is 5.71. The highest BCUT2D eigenvalue weighted by molar-refractivity contribution is 5.78. The van der Waals surface area contributed by atoms with Crippen LogP contribution in [0.1, 0.15) is 70.6 Å². The van der Waals surface area contributed by atoms with Crippen molar-refractivity contribution in [3.8, 4) is 0 Å². The highest BCUT2D eigenvalue weighted by atomic mass is 16.5. The summed E-state index contributed by atoms with van der Waals surface area (Å²) in [5.74, 6) is 0.176. The van der Waals surface area contributed by atoms with Gasteiger partial charge in [-0.2, -0.15) is 0 Å². The van der Waals surface area contributed by atoms with Gasteiger partial charge in [0.05, 0.1) is 6.54 Å². The molecule has 1 fully saturated rings. The maximum absolute atomic E-state index is 11.5. The Morgan fingerprint density at radius 2 is 1.31 bits per heavy atom. The fourth-order valence-electron chi connectivity index (χ4n) is 3.96. The van der Waals surface area contributed by atoms with Gasteiger partial charge in [-0.1, -0.05) is 38.5 Å². The van der Waals surface area contributed by atoms with Crippen LogP contribution in [0, 0.1) is 0 Å². The van der Waals surface area contributed by atoms with Crippen molar-refractivity contribution in [3.05, 3.63) is 0 Å². The van der Waals surface area contributed by atoms with Crippen LogP contribution in [0.15, 0.2) is 0 Å². The van der Waals surface area contributed by atoms with Crippen LogP contribution in [-0.4, -0.2) is 89.0 Å². The maximum Gasteiger partial charge on any atom is 0.234 e. The molecule has 1 saturated heterocycles. The molecule has 1 N–H and O–H groups in total. The number of unbranched alkanes of at least 4 members (excludes halogenated alkanes) is 8. The van der Waals surface area contributed by atoms with Gasteiger partial charge in [0.1, 0.15) is 0 Å². The Labute approximate surface area is 179 Å². The molecule has 1 rings (SSSR count). The molecule has 0 atom stereocenters. The van der Waals surface area contributed by atoms with E-state index in [1.54, 1.807) is 14.2 Å². The normalized spacial score (nSPS) is 15.2. The number of methoxy groups -OCH3 is 2. The van der Waals surface area contributed by atoms with E-state index in [-0.39, 0.29) is 5.91 Å². The number of carbonyl (C=O) groups is 1. The minimum absolute atomic E-state index is 0.176. The number of hydrogen-bond donors (Lipinski definition) is 1. The highest BCUT2D eigenvalue weighted by Gasteiger charge is 2.15. The Morgan fingerprint density at radius 1 is 0.793 bits per heavy atom. The van der Waals surface area contributed by atoms with Crippen molar-refractivity contribution in [2.75, 3.05) is 73.2 Å². The van der Waals surface area contributed by atoms with Gasteiger partial charge in [-0.05, 0) is 58.3 Å². The first-order valence-corrected chi connectivity index (χ1v) is 12.0. The number of ether oxygens (including phenoxy) is 2. The molecule has 0 spiro atoms. The molecule has 0 radical (unpaired) electrons. The second-order valence-corrected chi connectivity index (χ2v) is 8.34. The molecule has 0 aromatic heterocycles. The van der Waals surface area contributed by atoms with Crippen molar-refractivity contribution < 1.29 is 14.3 Å². The molecule has 1 amide bonds. The van der Waals surface area contributed by atoms with Crippen LogP contribution in [0.3, 0.4) is 0 Å². The predicted molar refractivity (Wildman–Crippen MR) is 120 cm³/mol. The summed E-state index contributed by atoms with van der Waals surface area (Å²) in [5.41, 5.74) is 0. The van der Waals surface area contributed by atoms with E-state index in [9.17, 15) is 4.79 Å². The Morgan fingerprint density at radius 3 is 1.86 bits per heavy atom. The van der Waals surface area contributed by atoms with E-state index in [1.165, 1.54) is 77.3 Å². The number of piperazine rings is 1. The summed E-state index contributed by atoms with van der Waals surface area (Å²) in [6, 6.07) is 0. The van der Waals surface area contributed by atoms with E-state index in [1.807, 2.05) is 0 Å². The van der Waals surface area contributed by atoms with Crippen LogP contribution in [0.2, 0.25) is 0 Å². The standard InChI is InChI=1S/C23H47N3O3/c1-28-20-11-7-3-5-9-15-25(16-10-6-4-8-12-21-29-2)17-13-18-26-19-14-24-23(27)22-26/h3-22H2,1-2H3,(H,24,27). The molecule has 0 aliphatic carbocycles. The van der Waals surface area contributed by atoms with Gasteiger partial charge >= 0.3 is 0 Å². The topological polar surface area (TPSA) is 54.0 Å². The Hall–Kier alpha value is -0.690. The first-order valence-electron chi connectivity index (χ1n) is 12.0. The van der Waals surface area contributed by atoms with Crippen LogP contribution in [-0.2, 0) is 14.3 Å². The maximum atomic E-state index is 11.5. The number of hydrogen-bond acceptors (Lipinski definition) is 5. The molecule has 1 heterocycles. The largest absolute Gasteiger partial charge is 0.385 e. The molecule has 1 aliphatic rings. The summed E-state index contributed by atoms with van der Waals surface area (Å²) in [5, 5.41) is 2.91. The number of rotatable bonds is 20. The number of carbonyl (C=O) groups excluding carboxylic acids is 1. The van der Waals surface area contributed by atoms with Crippen LogP contribution < -0.4 is 5.32 Å². The first-order chi connectivity index (χ1) is 14.3. The zero-order chi connectivity index (χ0) is 21.0. The van der Waals surface area contributed by atoms with Gasteiger partial charge in [0, 0.05) is 40.5 Å². The third kappa shape index (κ3) is 15.8. The number of nitrogens with one attached hydrogen (secondary N) is 1. The summed E-state index contributed by atoms with van der Waals surface area (Å²) < 4.78 is 10.3. The zero-order valence-electron chi connectivity index (χ0n) is 19.3. The minimum Gasteiger partial charge on any atom is -0.385 e. The monoisotopic (exact) mass is 413 g/mol. The van der Waals surface area contributed by atoms with Gasteiger partial charge in [0.15, 0.2) is 0 Å². The van der Waals surface area contributed by atoms with Crippen LogP contribution in [0.5, 0.6) is 0 Å². The lowest BCUT2D eigenvalue weighted by Crippen LogP contribution is -2.48. The molecule has 0 aromatic rings. The van der Waals surface area contributed by atoms with Crippen molar-refractivity contribution in [2.24, 2.45) is 0 Å². The molecule has 6 nitrogen and oxygen atoms in total. The average Bonchev–Trinajstić information content (AvgIpc) is 2.72. The molecule has 0 saturated carbocycles. The van der Waals surface area contributed by atoms with Crippen LogP contribution >= 0.6 is 0 Å². The van der Waals surface area contributed by atoms with Gasteiger partial charge in [-0.25, -0.2) is 0 Å². The molecule has 0 aromatic carbocycles. The summed E-state index contributed by atoms with van der Waals surface area (Å²) in [6.07, 6.45) is 14.0. The second-order valence-electron chi connectivity index (χ2n) is 8.34. The van der Waals surface area contributed by atoms with Gasteiger partial charge in [-0.3, -0.25) is 9.69 Å². The zero-order valence-corrected chi connectivity index (χ0v) is 19.3. The molecular weight excluding hydrogens is 366 g/mol. The minimum atomic E-state index is 0.176. The molecule has 0 unspecified atom stereocenters. The van der Waals surface area contributed by atoms with Crippen molar-refractivity contribution in [1.29, 1.82) is 0 Å². The average molecular weight is 414 g/mol. The van der Waals surface area contributed by atoms with E-state index in [0.29, 0.717) is 6.54 Å². The third-order valence-corrected chi connectivity index (χ3v) is 5.71. The van der Waals surface area contributed by atoms with E-state index < -0.39 is 0 Å². The van der Waals surface area contributed by atoms with Crippen molar-refractivity contribution in [1.82, 2.24) is 15.1 Å². The van der Waals surface area contributed by atoms with E-state index in [4.69, 9.17) is 9.47 Å².